The number of ketones is 1. The van der Waals surface area contributed by atoms with E-state index in [1.807, 2.05) is 0 Å². The number of halogens is 1. The predicted molar refractivity (Wildman–Crippen MR) is 108 cm³/mol. The van der Waals surface area contributed by atoms with Crippen molar-refractivity contribution in [1.29, 1.82) is 0 Å². The van der Waals surface area contributed by atoms with Crippen LogP contribution in [0.2, 0.25) is 5.02 Å². The second kappa shape index (κ2) is 10.3. The largest absolute Gasteiger partial charge is 0.493 e. The van der Waals surface area contributed by atoms with Crippen molar-refractivity contribution < 1.29 is 28.6 Å². The molecule has 8 heteroatoms. The number of esters is 1. The van der Waals surface area contributed by atoms with E-state index >= 15 is 0 Å². The van der Waals surface area contributed by atoms with Crippen molar-refractivity contribution in [1.82, 2.24) is 0 Å². The summed E-state index contributed by atoms with van der Waals surface area (Å²) in [6.07, 6.45) is 1.73. The maximum Gasteiger partial charge on any atom is 0.331 e. The van der Waals surface area contributed by atoms with Gasteiger partial charge in [0.05, 0.1) is 7.11 Å². The van der Waals surface area contributed by atoms with Crippen LogP contribution in [0, 0.1) is 0 Å². The molecule has 0 radical (unpaired) electrons. The van der Waals surface area contributed by atoms with Gasteiger partial charge in [-0.1, -0.05) is 29.8 Å². The fourth-order valence-electron chi connectivity index (χ4n) is 2.36. The minimum absolute atomic E-state index is 0.281. The molecule has 0 bridgehead atoms. The number of rotatable bonds is 9. The first-order valence-electron chi connectivity index (χ1n) is 8.57. The van der Waals surface area contributed by atoms with Crippen molar-refractivity contribution in [3.05, 3.63) is 64.7 Å². The van der Waals surface area contributed by atoms with Gasteiger partial charge in [0.1, 0.15) is 0 Å². The Bertz CT molecular complexity index is 941. The van der Waals surface area contributed by atoms with Crippen molar-refractivity contribution in [3.63, 3.8) is 0 Å². The van der Waals surface area contributed by atoms with Crippen LogP contribution in [0.15, 0.2) is 48.5 Å². The summed E-state index contributed by atoms with van der Waals surface area (Å²) in [5, 5.41) is 0.423. The van der Waals surface area contributed by atoms with Crippen molar-refractivity contribution in [2.45, 2.75) is 13.0 Å². The van der Waals surface area contributed by atoms with E-state index in [2.05, 4.69) is 0 Å². The molecule has 0 heterocycles. The molecule has 1 amide bonds. The van der Waals surface area contributed by atoms with Gasteiger partial charge in [0, 0.05) is 16.7 Å². The third-order valence-electron chi connectivity index (χ3n) is 3.74. The molecule has 29 heavy (non-hydrogen) atoms. The van der Waals surface area contributed by atoms with Crippen molar-refractivity contribution in [2.24, 2.45) is 5.73 Å². The van der Waals surface area contributed by atoms with Crippen molar-refractivity contribution in [3.8, 4) is 11.5 Å². The molecule has 2 N–H and O–H groups in total. The zero-order valence-corrected chi connectivity index (χ0v) is 16.6. The van der Waals surface area contributed by atoms with E-state index in [9.17, 15) is 14.4 Å². The van der Waals surface area contributed by atoms with Gasteiger partial charge in [-0.2, -0.15) is 0 Å². The minimum atomic E-state index is -0.968. The van der Waals surface area contributed by atoms with Crippen LogP contribution in [-0.4, -0.2) is 37.5 Å². The average Bonchev–Trinajstić information content (AvgIpc) is 2.70. The third kappa shape index (κ3) is 6.65. The molecule has 0 aromatic heterocycles. The monoisotopic (exact) mass is 417 g/mol. The van der Waals surface area contributed by atoms with Gasteiger partial charge in [-0.3, -0.25) is 9.59 Å². The lowest BCUT2D eigenvalue weighted by Crippen LogP contribution is -2.23. The standard InChI is InChI=1S/C21H20ClNO6/c1-13(21(26)15-4-3-5-16(22)11-15)29-20(25)9-7-14-6-8-17(18(10-14)27-2)28-12-19(23)24/h3-11,13H,12H2,1-2H3,(H2,23,24)/b9-7+. The number of nitrogens with two attached hydrogens (primary N) is 1. The lowest BCUT2D eigenvalue weighted by atomic mass is 10.1. The highest BCUT2D eigenvalue weighted by Gasteiger charge is 2.18. The molecule has 1 unspecified atom stereocenters. The first kappa shape index (κ1) is 22.0. The van der Waals surface area contributed by atoms with E-state index in [0.717, 1.165) is 0 Å². The number of carbonyl (C=O) groups excluding carboxylic acids is 3. The summed E-state index contributed by atoms with van der Waals surface area (Å²) in [5.41, 5.74) is 6.03. The van der Waals surface area contributed by atoms with Gasteiger partial charge in [-0.25, -0.2) is 4.79 Å². The number of ether oxygens (including phenoxy) is 3. The number of primary amides is 1. The van der Waals surface area contributed by atoms with Crippen LogP contribution in [0.5, 0.6) is 11.5 Å². The Kier molecular flexibility index (Phi) is 7.79. The van der Waals surface area contributed by atoms with E-state index in [4.69, 9.17) is 31.5 Å². The Morgan fingerprint density at radius 1 is 1.14 bits per heavy atom. The molecule has 0 fully saturated rings. The smallest absolute Gasteiger partial charge is 0.331 e. The van der Waals surface area contributed by atoms with Crippen LogP contribution in [-0.2, 0) is 14.3 Å². The zero-order valence-electron chi connectivity index (χ0n) is 15.9. The summed E-state index contributed by atoms with van der Waals surface area (Å²) in [5.74, 6) is -0.939. The molecule has 2 aromatic rings. The van der Waals surface area contributed by atoms with Gasteiger partial charge in [0.15, 0.2) is 24.2 Å². The number of benzene rings is 2. The zero-order chi connectivity index (χ0) is 21.4. The quantitative estimate of drug-likeness (QED) is 0.382. The fraction of sp³-hybridized carbons (Fsp3) is 0.190. The highest BCUT2D eigenvalue weighted by atomic mass is 35.5. The van der Waals surface area contributed by atoms with Gasteiger partial charge in [0.25, 0.3) is 5.91 Å². The topological polar surface area (TPSA) is 105 Å². The van der Waals surface area contributed by atoms with E-state index in [1.54, 1.807) is 36.4 Å². The Morgan fingerprint density at radius 3 is 2.55 bits per heavy atom. The molecule has 0 saturated carbocycles. The summed E-state index contributed by atoms with van der Waals surface area (Å²) in [6.45, 7) is 1.21. The second-order valence-corrected chi connectivity index (χ2v) is 6.39. The summed E-state index contributed by atoms with van der Waals surface area (Å²) in [6, 6.07) is 11.3. The van der Waals surface area contributed by atoms with Gasteiger partial charge >= 0.3 is 5.97 Å². The Hall–Kier alpha value is -3.32. The number of Topliss-reactive ketones (excluding diaryl/α,β-unsaturated/α-hetero) is 1. The molecular weight excluding hydrogens is 398 g/mol. The maximum absolute atomic E-state index is 12.3. The molecular formula is C21H20ClNO6. The van der Waals surface area contributed by atoms with Crippen LogP contribution >= 0.6 is 11.6 Å². The Labute approximate surface area is 173 Å². The molecule has 0 aliphatic heterocycles. The molecule has 1 atom stereocenters. The first-order chi connectivity index (χ1) is 13.8. The Balaban J connectivity index is 2.00. The summed E-state index contributed by atoms with van der Waals surface area (Å²) >= 11 is 5.87. The highest BCUT2D eigenvalue weighted by Crippen LogP contribution is 2.28. The van der Waals surface area contributed by atoms with E-state index in [1.165, 1.54) is 32.3 Å². The normalized spacial score (nSPS) is 11.7. The summed E-state index contributed by atoms with van der Waals surface area (Å²) < 4.78 is 15.6. The van der Waals surface area contributed by atoms with E-state index in [-0.39, 0.29) is 12.4 Å². The molecule has 2 rings (SSSR count). The van der Waals surface area contributed by atoms with Gasteiger partial charge in [0.2, 0.25) is 5.78 Å². The van der Waals surface area contributed by atoms with Crippen LogP contribution in [0.1, 0.15) is 22.8 Å². The van der Waals surface area contributed by atoms with Gasteiger partial charge in [-0.05, 0) is 42.8 Å². The number of hydrogen-bond donors (Lipinski definition) is 1. The lowest BCUT2D eigenvalue weighted by Gasteiger charge is -2.11. The van der Waals surface area contributed by atoms with Crippen LogP contribution in [0.25, 0.3) is 6.08 Å². The fourth-order valence-corrected chi connectivity index (χ4v) is 2.55. The van der Waals surface area contributed by atoms with Crippen molar-refractivity contribution >= 4 is 35.3 Å². The minimum Gasteiger partial charge on any atom is -0.493 e. The average molecular weight is 418 g/mol. The highest BCUT2D eigenvalue weighted by molar-refractivity contribution is 6.31. The summed E-state index contributed by atoms with van der Waals surface area (Å²) in [4.78, 5) is 35.2. The molecule has 0 saturated heterocycles. The van der Waals surface area contributed by atoms with Crippen LogP contribution in [0.4, 0.5) is 0 Å². The molecule has 0 aliphatic rings. The SMILES string of the molecule is COc1cc(/C=C/C(=O)OC(C)C(=O)c2cccc(Cl)c2)ccc1OCC(N)=O. The number of amides is 1. The summed E-state index contributed by atoms with van der Waals surface area (Å²) in [7, 11) is 1.44. The number of hydrogen-bond acceptors (Lipinski definition) is 6. The van der Waals surface area contributed by atoms with Gasteiger partial charge < -0.3 is 19.9 Å². The first-order valence-corrected chi connectivity index (χ1v) is 8.95. The van der Waals surface area contributed by atoms with E-state index < -0.39 is 18.0 Å². The van der Waals surface area contributed by atoms with Crippen LogP contribution < -0.4 is 15.2 Å². The molecule has 7 nitrogen and oxygen atoms in total. The Morgan fingerprint density at radius 2 is 1.90 bits per heavy atom. The van der Waals surface area contributed by atoms with Crippen LogP contribution in [0.3, 0.4) is 0 Å². The number of methoxy groups -OCH3 is 1. The predicted octanol–water partition coefficient (Wildman–Crippen LogP) is 3.04. The molecule has 0 aliphatic carbocycles. The molecule has 2 aromatic carbocycles. The maximum atomic E-state index is 12.3. The molecule has 152 valence electrons. The van der Waals surface area contributed by atoms with Crippen molar-refractivity contribution in [2.75, 3.05) is 13.7 Å². The molecule has 0 spiro atoms. The van der Waals surface area contributed by atoms with E-state index in [0.29, 0.717) is 27.6 Å². The second-order valence-electron chi connectivity index (χ2n) is 5.95. The van der Waals surface area contributed by atoms with Gasteiger partial charge in [-0.15, -0.1) is 0 Å². The third-order valence-corrected chi connectivity index (χ3v) is 3.98. The lowest BCUT2D eigenvalue weighted by molar-refractivity contribution is -0.140. The number of carbonyl (C=O) groups is 3.